The molecule has 0 fully saturated rings. The summed E-state index contributed by atoms with van der Waals surface area (Å²) in [5, 5.41) is 7.84. The monoisotopic (exact) mass is 132 g/mol. The van der Waals surface area contributed by atoms with Crippen LogP contribution in [0.5, 0.6) is 0 Å². The molecule has 0 aliphatic carbocycles. The van der Waals surface area contributed by atoms with Gasteiger partial charge in [0.15, 0.2) is 0 Å². The lowest BCUT2D eigenvalue weighted by atomic mass is 10.2. The highest BCUT2D eigenvalue weighted by atomic mass is 35.5. The number of aliphatic hydroxyl groups is 1. The maximum atomic E-state index is 8.02. The molecular weight excluding hydrogens is 124 g/mol. The molecule has 1 atom stereocenters. The highest BCUT2D eigenvalue weighted by Crippen LogP contribution is 2.01. The van der Waals surface area contributed by atoms with Crippen molar-refractivity contribution >= 4 is 11.6 Å². The Morgan fingerprint density at radius 3 is 2.75 bits per heavy atom. The highest BCUT2D eigenvalue weighted by Gasteiger charge is 1.94. The lowest BCUT2D eigenvalue weighted by molar-refractivity contribution is 0.516. The molecule has 1 N–H and O–H groups in total. The van der Waals surface area contributed by atoms with Crippen molar-refractivity contribution in [2.45, 2.75) is 25.1 Å². The van der Waals surface area contributed by atoms with E-state index >= 15 is 0 Å². The Morgan fingerprint density at radius 1 is 1.75 bits per heavy atom. The number of alkyl halides is 1. The fourth-order valence-electron chi connectivity index (χ4n) is 0.396. The van der Waals surface area contributed by atoms with Crippen LogP contribution in [0.25, 0.3) is 0 Å². The second kappa shape index (κ2) is 4.80. The number of hydrogen-bond acceptors (Lipinski definition) is 1. The molecule has 0 rings (SSSR count). The van der Waals surface area contributed by atoms with Gasteiger partial charge >= 0.3 is 0 Å². The predicted molar refractivity (Wildman–Crippen MR) is 34.3 cm³/mol. The average Bonchev–Trinajstić information content (AvgIpc) is 1.68. The Kier molecular flexibility index (Phi) is 4.59. The van der Waals surface area contributed by atoms with E-state index in [-0.39, 0.29) is 5.38 Å². The number of halogens is 1. The zero-order valence-electron chi connectivity index (χ0n) is 4.82. The summed E-state index contributed by atoms with van der Waals surface area (Å²) in [5.74, 6) is 2.42. The van der Waals surface area contributed by atoms with Crippen LogP contribution in [0.2, 0.25) is 0 Å². The van der Waals surface area contributed by atoms with E-state index in [2.05, 4.69) is 5.92 Å². The topological polar surface area (TPSA) is 20.2 Å². The molecule has 1 unspecified atom stereocenters. The Labute approximate surface area is 54.7 Å². The lowest BCUT2D eigenvalue weighted by Gasteiger charge is -1.93. The van der Waals surface area contributed by atoms with Crippen molar-refractivity contribution in [3.05, 3.63) is 0 Å². The molecule has 0 bridgehead atoms. The average molecular weight is 133 g/mol. The molecule has 0 heterocycles. The van der Waals surface area contributed by atoms with E-state index in [4.69, 9.17) is 16.7 Å². The second-order valence-corrected chi connectivity index (χ2v) is 2.04. The zero-order chi connectivity index (χ0) is 6.41. The minimum atomic E-state index is -0.176. The molecule has 2 heteroatoms. The van der Waals surface area contributed by atoms with Gasteiger partial charge in [0, 0.05) is 0 Å². The fourth-order valence-corrected chi connectivity index (χ4v) is 0.663. The van der Waals surface area contributed by atoms with Gasteiger partial charge in [0.2, 0.25) is 0 Å². The van der Waals surface area contributed by atoms with Crippen LogP contribution < -0.4 is 0 Å². The van der Waals surface area contributed by atoms with E-state index in [9.17, 15) is 0 Å². The summed E-state index contributed by atoms with van der Waals surface area (Å²) in [7, 11) is 0. The van der Waals surface area contributed by atoms with Gasteiger partial charge < -0.3 is 5.11 Å². The molecule has 0 saturated heterocycles. The van der Waals surface area contributed by atoms with Crippen LogP contribution in [0.15, 0.2) is 0 Å². The normalized spacial score (nSPS) is 11.8. The first-order valence-corrected chi connectivity index (χ1v) is 3.03. The van der Waals surface area contributed by atoms with E-state index in [0.717, 1.165) is 12.8 Å². The van der Waals surface area contributed by atoms with Gasteiger partial charge in [-0.2, -0.15) is 0 Å². The first-order valence-electron chi connectivity index (χ1n) is 2.60. The van der Waals surface area contributed by atoms with Gasteiger partial charge in [-0.05, 0) is 12.3 Å². The summed E-state index contributed by atoms with van der Waals surface area (Å²) in [6, 6.07) is 0. The Bertz CT molecular complexity index is 101. The van der Waals surface area contributed by atoms with Crippen LogP contribution in [0.3, 0.4) is 0 Å². The standard InChI is InChI=1S/C6H9ClO/c1-2-3-6(7)4-5-8/h6,8H,2-3H2,1H3. The van der Waals surface area contributed by atoms with Crippen LogP contribution in [-0.2, 0) is 0 Å². The molecule has 0 aliphatic rings. The molecule has 0 radical (unpaired) electrons. The van der Waals surface area contributed by atoms with Crippen molar-refractivity contribution in [3.63, 3.8) is 0 Å². The third kappa shape index (κ3) is 3.83. The van der Waals surface area contributed by atoms with E-state index in [1.807, 2.05) is 6.92 Å². The third-order valence-corrected chi connectivity index (χ3v) is 1.09. The molecule has 0 aromatic carbocycles. The van der Waals surface area contributed by atoms with Crippen LogP contribution >= 0.6 is 11.6 Å². The maximum absolute atomic E-state index is 8.02. The minimum absolute atomic E-state index is 0.176. The SMILES string of the molecule is CCCC(Cl)C#CO. The van der Waals surface area contributed by atoms with E-state index in [0.29, 0.717) is 0 Å². The summed E-state index contributed by atoms with van der Waals surface area (Å²) in [5.41, 5.74) is 0. The number of aliphatic hydroxyl groups excluding tert-OH is 1. The molecule has 0 saturated carbocycles. The van der Waals surface area contributed by atoms with Crippen molar-refractivity contribution < 1.29 is 5.11 Å². The third-order valence-electron chi connectivity index (χ3n) is 0.763. The Morgan fingerprint density at radius 2 is 2.38 bits per heavy atom. The molecule has 8 heavy (non-hydrogen) atoms. The van der Waals surface area contributed by atoms with Crippen molar-refractivity contribution in [1.29, 1.82) is 0 Å². The summed E-state index contributed by atoms with van der Waals surface area (Å²) in [6.45, 7) is 2.02. The maximum Gasteiger partial charge on any atom is 0.109 e. The van der Waals surface area contributed by atoms with Crippen molar-refractivity contribution in [1.82, 2.24) is 0 Å². The lowest BCUT2D eigenvalue weighted by Crippen LogP contribution is -1.90. The molecular formula is C6H9ClO. The van der Waals surface area contributed by atoms with Crippen LogP contribution in [0.4, 0.5) is 0 Å². The predicted octanol–water partition coefficient (Wildman–Crippen LogP) is 1.73. The van der Waals surface area contributed by atoms with Gasteiger partial charge in [-0.1, -0.05) is 13.3 Å². The van der Waals surface area contributed by atoms with Gasteiger partial charge in [-0.25, -0.2) is 0 Å². The zero-order valence-corrected chi connectivity index (χ0v) is 5.57. The molecule has 1 nitrogen and oxygen atoms in total. The molecule has 0 aromatic rings. The van der Waals surface area contributed by atoms with Gasteiger partial charge in [0.25, 0.3) is 0 Å². The Hall–Kier alpha value is -0.350. The van der Waals surface area contributed by atoms with E-state index < -0.39 is 0 Å². The molecule has 0 spiro atoms. The molecule has 0 amide bonds. The van der Waals surface area contributed by atoms with Gasteiger partial charge in [-0.15, -0.1) is 11.6 Å². The summed E-state index contributed by atoms with van der Waals surface area (Å²) < 4.78 is 0. The molecule has 0 aromatic heterocycles. The Balaban J connectivity index is 3.27. The van der Waals surface area contributed by atoms with Crippen LogP contribution in [0, 0.1) is 12.0 Å². The molecule has 46 valence electrons. The van der Waals surface area contributed by atoms with Crippen molar-refractivity contribution in [2.75, 3.05) is 0 Å². The minimum Gasteiger partial charge on any atom is -0.462 e. The van der Waals surface area contributed by atoms with E-state index in [1.54, 1.807) is 6.11 Å². The van der Waals surface area contributed by atoms with Gasteiger partial charge in [0.05, 0.1) is 5.38 Å². The second-order valence-electron chi connectivity index (χ2n) is 1.51. The quantitative estimate of drug-likeness (QED) is 0.448. The number of hydrogen-bond donors (Lipinski definition) is 1. The number of rotatable bonds is 2. The van der Waals surface area contributed by atoms with Crippen LogP contribution in [0.1, 0.15) is 19.8 Å². The van der Waals surface area contributed by atoms with Gasteiger partial charge in [-0.3, -0.25) is 0 Å². The van der Waals surface area contributed by atoms with Crippen LogP contribution in [-0.4, -0.2) is 10.5 Å². The van der Waals surface area contributed by atoms with E-state index in [1.165, 1.54) is 0 Å². The van der Waals surface area contributed by atoms with Crippen molar-refractivity contribution in [3.8, 4) is 12.0 Å². The fraction of sp³-hybridized carbons (Fsp3) is 0.667. The summed E-state index contributed by atoms with van der Waals surface area (Å²) >= 11 is 5.55. The largest absolute Gasteiger partial charge is 0.462 e. The summed E-state index contributed by atoms with van der Waals surface area (Å²) in [6.07, 6.45) is 3.62. The first-order chi connectivity index (χ1) is 3.81. The highest BCUT2D eigenvalue weighted by molar-refractivity contribution is 6.22. The van der Waals surface area contributed by atoms with Crippen molar-refractivity contribution in [2.24, 2.45) is 0 Å². The smallest absolute Gasteiger partial charge is 0.109 e. The summed E-state index contributed by atoms with van der Waals surface area (Å²) in [4.78, 5) is 0. The molecule has 0 aliphatic heterocycles. The van der Waals surface area contributed by atoms with Gasteiger partial charge in [0.1, 0.15) is 6.11 Å². The first kappa shape index (κ1) is 7.65.